The summed E-state index contributed by atoms with van der Waals surface area (Å²) < 4.78 is 39.1. The number of rotatable bonds is 4. The van der Waals surface area contributed by atoms with E-state index in [-0.39, 0.29) is 17.9 Å². The Morgan fingerprint density at radius 2 is 1.96 bits per heavy atom. The van der Waals surface area contributed by atoms with Crippen LogP contribution in [-0.4, -0.2) is 73.2 Å². The number of amides is 1. The fourth-order valence-corrected chi connectivity index (χ4v) is 5.12. The third kappa shape index (κ3) is 4.35. The highest BCUT2D eigenvalue weighted by molar-refractivity contribution is 5.93. The van der Waals surface area contributed by atoms with E-state index in [1.54, 1.807) is 6.26 Å². The number of hydrogen-bond acceptors (Lipinski definition) is 4. The highest BCUT2D eigenvalue weighted by atomic mass is 19.3. The molecule has 1 atom stereocenters. The molecule has 7 heteroatoms. The SMILES string of the molecule is O=C(C1=COCCC1)N1CCOC2(CCN(CCC3CCCC3(F)F)CC2)C1. The van der Waals surface area contributed by atoms with Gasteiger partial charge in [0.15, 0.2) is 0 Å². The minimum Gasteiger partial charge on any atom is -0.501 e. The number of likely N-dealkylation sites (tertiary alicyclic amines) is 1. The predicted molar refractivity (Wildman–Crippen MR) is 101 cm³/mol. The van der Waals surface area contributed by atoms with Crippen LogP contribution in [0.25, 0.3) is 0 Å². The van der Waals surface area contributed by atoms with Crippen molar-refractivity contribution in [2.45, 2.75) is 62.9 Å². The maximum absolute atomic E-state index is 13.8. The lowest BCUT2D eigenvalue weighted by Crippen LogP contribution is -2.58. The van der Waals surface area contributed by atoms with Crippen LogP contribution in [0.5, 0.6) is 0 Å². The van der Waals surface area contributed by atoms with E-state index in [4.69, 9.17) is 9.47 Å². The van der Waals surface area contributed by atoms with E-state index in [0.717, 1.165) is 50.9 Å². The Morgan fingerprint density at radius 1 is 1.14 bits per heavy atom. The lowest BCUT2D eigenvalue weighted by atomic mass is 9.88. The molecule has 0 aromatic heterocycles. The van der Waals surface area contributed by atoms with Crippen LogP contribution in [0.3, 0.4) is 0 Å². The third-order valence-corrected chi connectivity index (χ3v) is 6.97. The van der Waals surface area contributed by atoms with E-state index in [1.165, 1.54) is 0 Å². The quantitative estimate of drug-likeness (QED) is 0.729. The van der Waals surface area contributed by atoms with Gasteiger partial charge in [-0.25, -0.2) is 8.78 Å². The molecule has 3 fully saturated rings. The van der Waals surface area contributed by atoms with Gasteiger partial charge in [0.1, 0.15) is 0 Å². The summed E-state index contributed by atoms with van der Waals surface area (Å²) in [6, 6.07) is 0. The summed E-state index contributed by atoms with van der Waals surface area (Å²) in [4.78, 5) is 17.0. The van der Waals surface area contributed by atoms with Gasteiger partial charge in [0, 0.05) is 32.0 Å². The smallest absolute Gasteiger partial charge is 0.253 e. The Hall–Kier alpha value is -1.21. The van der Waals surface area contributed by atoms with Gasteiger partial charge >= 0.3 is 0 Å². The Morgan fingerprint density at radius 3 is 2.64 bits per heavy atom. The minimum absolute atomic E-state index is 0.0555. The van der Waals surface area contributed by atoms with E-state index in [1.807, 2.05) is 4.90 Å². The van der Waals surface area contributed by atoms with Crippen LogP contribution in [0.2, 0.25) is 0 Å². The highest BCUT2D eigenvalue weighted by Gasteiger charge is 2.44. The van der Waals surface area contributed by atoms with Gasteiger partial charge in [0.05, 0.1) is 37.2 Å². The predicted octanol–water partition coefficient (Wildman–Crippen LogP) is 3.20. The van der Waals surface area contributed by atoms with Crippen LogP contribution < -0.4 is 0 Å². The summed E-state index contributed by atoms with van der Waals surface area (Å²) in [7, 11) is 0. The second-order valence-corrected chi connectivity index (χ2v) is 8.86. The number of carbonyl (C=O) groups is 1. The van der Waals surface area contributed by atoms with Gasteiger partial charge in [-0.2, -0.15) is 0 Å². The molecule has 28 heavy (non-hydrogen) atoms. The van der Waals surface area contributed by atoms with Crippen molar-refractivity contribution >= 4 is 5.91 Å². The summed E-state index contributed by atoms with van der Waals surface area (Å²) in [5.41, 5.74) is 0.482. The third-order valence-electron chi connectivity index (χ3n) is 6.97. The van der Waals surface area contributed by atoms with Crippen LogP contribution >= 0.6 is 0 Å². The first-order valence-corrected chi connectivity index (χ1v) is 10.8. The van der Waals surface area contributed by atoms with E-state index in [2.05, 4.69) is 4.90 Å². The fourth-order valence-electron chi connectivity index (χ4n) is 5.12. The Bertz CT molecular complexity index is 602. The Kier molecular flexibility index (Phi) is 5.93. The first kappa shape index (κ1) is 20.1. The number of hydrogen-bond donors (Lipinski definition) is 0. The van der Waals surface area contributed by atoms with Crippen LogP contribution in [0, 0.1) is 5.92 Å². The average Bonchev–Trinajstić information content (AvgIpc) is 3.06. The largest absolute Gasteiger partial charge is 0.501 e. The fraction of sp³-hybridized carbons (Fsp3) is 0.857. The van der Waals surface area contributed by atoms with Crippen molar-refractivity contribution in [2.24, 2.45) is 5.92 Å². The molecule has 4 rings (SSSR count). The van der Waals surface area contributed by atoms with Crippen molar-refractivity contribution in [2.75, 3.05) is 45.9 Å². The molecule has 1 unspecified atom stereocenters. The number of halogens is 2. The normalized spacial score (nSPS) is 30.1. The van der Waals surface area contributed by atoms with E-state index >= 15 is 0 Å². The number of nitrogens with zero attached hydrogens (tertiary/aromatic N) is 2. The van der Waals surface area contributed by atoms with Crippen molar-refractivity contribution in [3.05, 3.63) is 11.8 Å². The topological polar surface area (TPSA) is 42.0 Å². The zero-order valence-electron chi connectivity index (χ0n) is 16.6. The summed E-state index contributed by atoms with van der Waals surface area (Å²) in [5, 5.41) is 0. The van der Waals surface area contributed by atoms with Gasteiger partial charge < -0.3 is 19.3 Å². The number of morpholine rings is 1. The Labute approximate surface area is 166 Å². The molecule has 5 nitrogen and oxygen atoms in total. The first-order chi connectivity index (χ1) is 13.5. The van der Waals surface area contributed by atoms with Crippen LogP contribution in [0.15, 0.2) is 11.8 Å². The van der Waals surface area contributed by atoms with Gasteiger partial charge in [0.2, 0.25) is 0 Å². The standard InChI is InChI=1S/C21H32F2N2O3/c22-21(23)6-1-4-18(21)5-9-24-10-7-20(8-11-24)16-25(12-14-28-20)19(26)17-3-2-13-27-15-17/h15,18H,1-14,16H2. The number of piperidine rings is 1. The molecule has 3 aliphatic heterocycles. The van der Waals surface area contributed by atoms with Crippen molar-refractivity contribution in [3.63, 3.8) is 0 Å². The van der Waals surface area contributed by atoms with Crippen molar-refractivity contribution in [1.82, 2.24) is 9.80 Å². The highest BCUT2D eigenvalue weighted by Crippen LogP contribution is 2.42. The van der Waals surface area contributed by atoms with Gasteiger partial charge in [-0.15, -0.1) is 0 Å². The second-order valence-electron chi connectivity index (χ2n) is 8.86. The average molecular weight is 398 g/mol. The van der Waals surface area contributed by atoms with Crippen LogP contribution in [-0.2, 0) is 14.3 Å². The lowest BCUT2D eigenvalue weighted by Gasteiger charge is -2.47. The van der Waals surface area contributed by atoms with Crippen molar-refractivity contribution in [1.29, 1.82) is 0 Å². The molecule has 0 aromatic rings. The monoisotopic (exact) mass is 398 g/mol. The number of carbonyl (C=O) groups excluding carboxylic acids is 1. The molecule has 2 saturated heterocycles. The molecule has 0 radical (unpaired) electrons. The first-order valence-electron chi connectivity index (χ1n) is 10.8. The molecule has 1 saturated carbocycles. The molecule has 4 aliphatic rings. The molecule has 1 spiro atoms. The van der Waals surface area contributed by atoms with Crippen molar-refractivity contribution in [3.8, 4) is 0 Å². The maximum atomic E-state index is 13.8. The van der Waals surface area contributed by atoms with Gasteiger partial charge in [-0.05, 0) is 51.5 Å². The molecular formula is C21H32F2N2O3. The zero-order valence-corrected chi connectivity index (χ0v) is 16.6. The van der Waals surface area contributed by atoms with Gasteiger partial charge in [-0.3, -0.25) is 4.79 Å². The summed E-state index contributed by atoms with van der Waals surface area (Å²) in [5.74, 6) is -2.84. The van der Waals surface area contributed by atoms with E-state index < -0.39 is 11.8 Å². The number of alkyl halides is 2. The molecular weight excluding hydrogens is 366 g/mol. The lowest BCUT2D eigenvalue weighted by molar-refractivity contribution is -0.157. The van der Waals surface area contributed by atoms with Gasteiger partial charge in [-0.1, -0.05) is 0 Å². The summed E-state index contributed by atoms with van der Waals surface area (Å²) in [6.45, 7) is 4.94. The van der Waals surface area contributed by atoms with Crippen molar-refractivity contribution < 1.29 is 23.0 Å². The molecule has 0 bridgehead atoms. The Balaban J connectivity index is 1.27. The zero-order chi connectivity index (χ0) is 19.6. The molecule has 3 heterocycles. The summed E-state index contributed by atoms with van der Waals surface area (Å²) >= 11 is 0. The molecule has 1 amide bonds. The van der Waals surface area contributed by atoms with E-state index in [9.17, 15) is 13.6 Å². The summed E-state index contributed by atoms with van der Waals surface area (Å²) in [6.07, 6.45) is 6.95. The van der Waals surface area contributed by atoms with Crippen LogP contribution in [0.4, 0.5) is 8.78 Å². The minimum atomic E-state index is -2.47. The molecule has 158 valence electrons. The van der Waals surface area contributed by atoms with Gasteiger partial charge in [0.25, 0.3) is 11.8 Å². The molecule has 0 N–H and O–H groups in total. The van der Waals surface area contributed by atoms with E-state index in [0.29, 0.717) is 45.6 Å². The molecule has 0 aromatic carbocycles. The maximum Gasteiger partial charge on any atom is 0.253 e. The second kappa shape index (κ2) is 8.27. The van der Waals surface area contributed by atoms with Crippen LogP contribution in [0.1, 0.15) is 51.4 Å². The molecule has 1 aliphatic carbocycles. The number of ether oxygens (including phenoxy) is 2.